The molecule has 1 aliphatic heterocycles. The first-order chi connectivity index (χ1) is 8.25. The first kappa shape index (κ1) is 11.2. The van der Waals surface area contributed by atoms with Crippen LogP contribution in [-0.2, 0) is 7.05 Å². The zero-order chi connectivity index (χ0) is 11.8. The van der Waals surface area contributed by atoms with Crippen molar-refractivity contribution in [2.75, 3.05) is 0 Å². The molecule has 17 heavy (non-hydrogen) atoms. The molecule has 0 bridgehead atoms. The molecule has 0 amide bonds. The number of nitrogens with zero attached hydrogens (tertiary/aromatic N) is 3. The number of nitrogens with one attached hydrogen (secondary N) is 1. The maximum absolute atomic E-state index is 4.33. The Kier molecular flexibility index (Phi) is 2.90. The molecule has 4 nitrogen and oxygen atoms in total. The highest BCUT2D eigenvalue weighted by Gasteiger charge is 2.33. The molecule has 4 heteroatoms. The molecule has 1 saturated heterocycles. The molecule has 0 radical (unpaired) electrons. The van der Waals surface area contributed by atoms with E-state index in [2.05, 4.69) is 27.1 Å². The topological polar surface area (TPSA) is 42.7 Å². The van der Waals surface area contributed by atoms with E-state index in [1.807, 2.05) is 6.92 Å². The summed E-state index contributed by atoms with van der Waals surface area (Å²) in [5.74, 6) is 3.04. The number of hydrogen-bond donors (Lipinski definition) is 1. The Hall–Kier alpha value is -0.900. The molecule has 3 rings (SSSR count). The van der Waals surface area contributed by atoms with E-state index in [-0.39, 0.29) is 0 Å². The average molecular weight is 234 g/mol. The fourth-order valence-electron chi connectivity index (χ4n) is 3.43. The molecule has 1 aromatic rings. The van der Waals surface area contributed by atoms with Crippen molar-refractivity contribution in [2.45, 2.75) is 57.5 Å². The fourth-order valence-corrected chi connectivity index (χ4v) is 3.43. The van der Waals surface area contributed by atoms with E-state index < -0.39 is 0 Å². The Morgan fingerprint density at radius 3 is 2.71 bits per heavy atom. The van der Waals surface area contributed by atoms with Gasteiger partial charge >= 0.3 is 0 Å². The van der Waals surface area contributed by atoms with Crippen molar-refractivity contribution < 1.29 is 0 Å². The summed E-state index contributed by atoms with van der Waals surface area (Å²) in [7, 11) is 2.07. The van der Waals surface area contributed by atoms with Crippen LogP contribution < -0.4 is 5.32 Å². The zero-order valence-electron chi connectivity index (χ0n) is 10.8. The molecule has 1 N–H and O–H groups in total. The van der Waals surface area contributed by atoms with Crippen LogP contribution in [0.2, 0.25) is 0 Å². The minimum atomic E-state index is 0.417. The van der Waals surface area contributed by atoms with Gasteiger partial charge in [0.1, 0.15) is 11.6 Å². The normalized spacial score (nSPS) is 33.4. The minimum Gasteiger partial charge on any atom is -0.317 e. The number of fused-ring (bicyclic) bond motifs is 1. The van der Waals surface area contributed by atoms with E-state index in [4.69, 9.17) is 0 Å². The van der Waals surface area contributed by atoms with Crippen LogP contribution in [0.15, 0.2) is 0 Å². The zero-order valence-corrected chi connectivity index (χ0v) is 10.8. The lowest BCUT2D eigenvalue weighted by molar-refractivity contribution is 0.172. The third-order valence-electron chi connectivity index (χ3n) is 4.59. The maximum Gasteiger partial charge on any atom is 0.149 e. The number of piperidine rings is 1. The van der Waals surface area contributed by atoms with E-state index in [0.29, 0.717) is 6.04 Å². The van der Waals surface area contributed by atoms with Gasteiger partial charge in [-0.15, -0.1) is 10.2 Å². The molecule has 94 valence electrons. The van der Waals surface area contributed by atoms with Crippen LogP contribution in [0.4, 0.5) is 0 Å². The van der Waals surface area contributed by atoms with Gasteiger partial charge in [-0.05, 0) is 38.5 Å². The number of aryl methyl sites for hydroxylation is 1. The summed E-state index contributed by atoms with van der Waals surface area (Å²) in [6.45, 7) is 2.02. The summed E-state index contributed by atoms with van der Waals surface area (Å²) in [6, 6.07) is 1.14. The lowest BCUT2D eigenvalue weighted by Gasteiger charge is -2.40. The van der Waals surface area contributed by atoms with Crippen LogP contribution in [0.25, 0.3) is 0 Å². The van der Waals surface area contributed by atoms with Crippen molar-refractivity contribution in [3.8, 4) is 0 Å². The first-order valence-electron chi connectivity index (χ1n) is 6.87. The molecule has 2 heterocycles. The molecule has 1 aromatic heterocycles. The summed E-state index contributed by atoms with van der Waals surface area (Å²) < 4.78 is 2.13. The Balaban J connectivity index is 1.75. The van der Waals surface area contributed by atoms with Gasteiger partial charge in [-0.3, -0.25) is 0 Å². The van der Waals surface area contributed by atoms with Gasteiger partial charge < -0.3 is 9.88 Å². The van der Waals surface area contributed by atoms with Crippen LogP contribution in [-0.4, -0.2) is 20.8 Å². The Labute approximate surface area is 103 Å². The number of hydrogen-bond acceptors (Lipinski definition) is 3. The quantitative estimate of drug-likeness (QED) is 0.809. The van der Waals surface area contributed by atoms with Gasteiger partial charge in [0.25, 0.3) is 0 Å². The molecule has 0 spiro atoms. The SMILES string of the molecule is Cc1nnc(C2CCC3CCCCC3N2)n1C. The molecule has 1 aliphatic carbocycles. The van der Waals surface area contributed by atoms with Gasteiger partial charge in [0.15, 0.2) is 0 Å². The molecule has 0 aromatic carbocycles. The van der Waals surface area contributed by atoms with Crippen molar-refractivity contribution in [3.05, 3.63) is 11.6 Å². The first-order valence-corrected chi connectivity index (χ1v) is 6.87. The van der Waals surface area contributed by atoms with Crippen LogP contribution >= 0.6 is 0 Å². The minimum absolute atomic E-state index is 0.417. The van der Waals surface area contributed by atoms with Gasteiger partial charge in [0.05, 0.1) is 6.04 Å². The van der Waals surface area contributed by atoms with Crippen molar-refractivity contribution in [2.24, 2.45) is 13.0 Å². The second kappa shape index (κ2) is 4.41. The van der Waals surface area contributed by atoms with Crippen LogP contribution in [0.1, 0.15) is 56.2 Å². The highest BCUT2D eigenvalue weighted by molar-refractivity contribution is 5.03. The average Bonchev–Trinajstić information content (AvgIpc) is 2.70. The standard InChI is InChI=1S/C13H22N4/c1-9-15-16-13(17(9)2)12-8-7-10-5-3-4-6-11(10)14-12/h10-12,14H,3-8H2,1-2H3. The predicted molar refractivity (Wildman–Crippen MR) is 66.6 cm³/mol. The molecule has 1 saturated carbocycles. The Morgan fingerprint density at radius 1 is 1.12 bits per heavy atom. The van der Waals surface area contributed by atoms with E-state index in [1.165, 1.54) is 38.5 Å². The van der Waals surface area contributed by atoms with Gasteiger partial charge in [0.2, 0.25) is 0 Å². The molecule has 3 atom stereocenters. The van der Waals surface area contributed by atoms with E-state index >= 15 is 0 Å². The summed E-state index contributed by atoms with van der Waals surface area (Å²) in [5, 5.41) is 12.3. The highest BCUT2D eigenvalue weighted by Crippen LogP contribution is 2.36. The van der Waals surface area contributed by atoms with Crippen molar-refractivity contribution in [3.63, 3.8) is 0 Å². The predicted octanol–water partition coefficient (Wildman–Crippen LogP) is 2.11. The summed E-state index contributed by atoms with van der Waals surface area (Å²) in [6.07, 6.45) is 8.15. The van der Waals surface area contributed by atoms with E-state index in [1.54, 1.807) is 0 Å². The Morgan fingerprint density at radius 2 is 1.94 bits per heavy atom. The lowest BCUT2D eigenvalue weighted by atomic mass is 9.77. The maximum atomic E-state index is 4.33. The summed E-state index contributed by atoms with van der Waals surface area (Å²) in [5.41, 5.74) is 0. The molecule has 3 unspecified atom stereocenters. The summed E-state index contributed by atoms with van der Waals surface area (Å²) in [4.78, 5) is 0. The van der Waals surface area contributed by atoms with E-state index in [0.717, 1.165) is 23.6 Å². The highest BCUT2D eigenvalue weighted by atomic mass is 15.3. The number of rotatable bonds is 1. The van der Waals surface area contributed by atoms with Gasteiger partial charge in [0, 0.05) is 13.1 Å². The third-order valence-corrected chi connectivity index (χ3v) is 4.59. The smallest absolute Gasteiger partial charge is 0.149 e. The van der Waals surface area contributed by atoms with Crippen molar-refractivity contribution in [1.29, 1.82) is 0 Å². The second-order valence-corrected chi connectivity index (χ2v) is 5.61. The number of aromatic nitrogens is 3. The van der Waals surface area contributed by atoms with Gasteiger partial charge in [-0.2, -0.15) is 0 Å². The Bertz CT molecular complexity index is 398. The largest absolute Gasteiger partial charge is 0.317 e. The fraction of sp³-hybridized carbons (Fsp3) is 0.846. The van der Waals surface area contributed by atoms with Crippen LogP contribution in [0, 0.1) is 12.8 Å². The van der Waals surface area contributed by atoms with Crippen LogP contribution in [0.3, 0.4) is 0 Å². The summed E-state index contributed by atoms with van der Waals surface area (Å²) >= 11 is 0. The second-order valence-electron chi connectivity index (χ2n) is 5.61. The molecular formula is C13H22N4. The van der Waals surface area contributed by atoms with Crippen molar-refractivity contribution >= 4 is 0 Å². The third kappa shape index (κ3) is 1.99. The molecular weight excluding hydrogens is 212 g/mol. The molecule has 2 fully saturated rings. The van der Waals surface area contributed by atoms with Crippen molar-refractivity contribution in [1.82, 2.24) is 20.1 Å². The van der Waals surface area contributed by atoms with Gasteiger partial charge in [-0.25, -0.2) is 0 Å². The molecule has 2 aliphatic rings. The monoisotopic (exact) mass is 234 g/mol. The lowest BCUT2D eigenvalue weighted by Crippen LogP contribution is -2.45. The van der Waals surface area contributed by atoms with E-state index in [9.17, 15) is 0 Å². The van der Waals surface area contributed by atoms with Crippen LogP contribution in [0.5, 0.6) is 0 Å². The van der Waals surface area contributed by atoms with Gasteiger partial charge in [-0.1, -0.05) is 12.8 Å².